The third-order valence-corrected chi connectivity index (χ3v) is 9.40. The summed E-state index contributed by atoms with van der Waals surface area (Å²) < 4.78 is 17.9. The number of aromatic hydroxyl groups is 13. The SMILES string of the molecule is O=C(O[C@@H]1Cc2c(O)cc(O)c([C@H]3c4c(O)cc(O)cc4O[C@H](c4cc(O)c(O)c(O)c4)[C@@H]3O)c2O[C@@H]1c1cc(O)c(O)c(O)c1)c1cc(O)c(O)c(O)c1. The van der Waals surface area contributed by atoms with E-state index in [1.807, 2.05) is 0 Å². The number of carbonyl (C=O) groups is 1. The summed E-state index contributed by atoms with van der Waals surface area (Å²) in [6, 6.07) is 8.21. The molecular formula is C37H30O18. The number of esters is 1. The summed E-state index contributed by atoms with van der Waals surface area (Å²) in [7, 11) is 0. The molecule has 5 atom stereocenters. The molecule has 18 nitrogen and oxygen atoms in total. The minimum atomic E-state index is -1.87. The Kier molecular flexibility index (Phi) is 8.41. The summed E-state index contributed by atoms with van der Waals surface area (Å²) in [5, 5.41) is 147. The molecule has 0 fully saturated rings. The van der Waals surface area contributed by atoms with Gasteiger partial charge in [-0.3, -0.25) is 0 Å². The second kappa shape index (κ2) is 12.9. The maximum absolute atomic E-state index is 13.4. The number of phenols is 13. The molecule has 0 aliphatic carbocycles. The summed E-state index contributed by atoms with van der Waals surface area (Å²) in [6.07, 6.45) is -7.05. The number of fused-ring (bicyclic) bond motifs is 2. The van der Waals surface area contributed by atoms with Gasteiger partial charge in [-0.05, 0) is 36.4 Å². The number of aliphatic hydroxyl groups is 1. The smallest absolute Gasteiger partial charge is 0.338 e. The lowest BCUT2D eigenvalue weighted by molar-refractivity contribution is -0.0211. The van der Waals surface area contributed by atoms with Gasteiger partial charge in [-0.25, -0.2) is 4.79 Å². The van der Waals surface area contributed by atoms with Crippen LogP contribution >= 0.6 is 0 Å². The number of carbonyl (C=O) groups excluding carboxylic acids is 1. The molecule has 286 valence electrons. The Morgan fingerprint density at radius 1 is 0.545 bits per heavy atom. The third-order valence-electron chi connectivity index (χ3n) is 9.40. The van der Waals surface area contributed by atoms with E-state index in [0.717, 1.165) is 54.6 Å². The number of phenolic OH excluding ortho intramolecular Hbond substituents is 13. The van der Waals surface area contributed by atoms with Crippen LogP contribution < -0.4 is 9.47 Å². The summed E-state index contributed by atoms with van der Waals surface area (Å²) in [5.74, 6) is -13.7. The van der Waals surface area contributed by atoms with Crippen molar-refractivity contribution in [3.63, 3.8) is 0 Å². The Bertz CT molecular complexity index is 2340. The molecule has 0 spiro atoms. The van der Waals surface area contributed by atoms with Crippen molar-refractivity contribution in [3.05, 3.63) is 88.0 Å². The van der Waals surface area contributed by atoms with E-state index in [9.17, 15) is 76.3 Å². The molecule has 5 aromatic rings. The minimum absolute atomic E-state index is 0.127. The molecule has 18 heteroatoms. The van der Waals surface area contributed by atoms with Crippen molar-refractivity contribution in [2.24, 2.45) is 0 Å². The van der Waals surface area contributed by atoms with Gasteiger partial charge in [-0.15, -0.1) is 0 Å². The molecule has 2 heterocycles. The number of hydrogen-bond acceptors (Lipinski definition) is 18. The molecular weight excluding hydrogens is 732 g/mol. The highest BCUT2D eigenvalue weighted by molar-refractivity contribution is 5.91. The second-order valence-corrected chi connectivity index (χ2v) is 12.9. The first-order valence-corrected chi connectivity index (χ1v) is 16.1. The highest BCUT2D eigenvalue weighted by Crippen LogP contribution is 2.58. The lowest BCUT2D eigenvalue weighted by Crippen LogP contribution is -2.38. The normalized spacial score (nSPS) is 20.1. The first-order valence-electron chi connectivity index (χ1n) is 16.1. The van der Waals surface area contributed by atoms with Crippen molar-refractivity contribution in [3.8, 4) is 86.2 Å². The van der Waals surface area contributed by atoms with Gasteiger partial charge in [0.1, 0.15) is 46.7 Å². The van der Waals surface area contributed by atoms with E-state index in [2.05, 4.69) is 0 Å². The fourth-order valence-corrected chi connectivity index (χ4v) is 6.87. The molecule has 5 aromatic carbocycles. The first kappa shape index (κ1) is 35.9. The van der Waals surface area contributed by atoms with Gasteiger partial charge < -0.3 is 85.7 Å². The second-order valence-electron chi connectivity index (χ2n) is 12.9. The predicted molar refractivity (Wildman–Crippen MR) is 181 cm³/mol. The van der Waals surface area contributed by atoms with Crippen molar-refractivity contribution in [2.45, 2.75) is 36.8 Å². The van der Waals surface area contributed by atoms with Gasteiger partial charge in [0.2, 0.25) is 0 Å². The van der Waals surface area contributed by atoms with Crippen LogP contribution in [0, 0.1) is 0 Å². The van der Waals surface area contributed by atoms with Crippen LogP contribution in [-0.2, 0) is 11.2 Å². The average molecular weight is 763 g/mol. The highest BCUT2D eigenvalue weighted by atomic mass is 16.6. The standard InChI is InChI=1S/C37H30O18/c38-14-7-17(40)27-25(8-14)53-35(12-3-21(44)31(49)22(45)4-12)33(51)29(27)28-18(41)10-16(39)15-9-26(54-37(52)13-5-23(46)32(50)24(47)6-13)34(55-36(15)28)11-1-19(42)30(48)20(43)2-11/h1-8,10,26,29,33-35,38-51H,9H2/t26-,29-,33-,34-,35-/m1/s1. The van der Waals surface area contributed by atoms with Crippen LogP contribution in [0.3, 0.4) is 0 Å². The van der Waals surface area contributed by atoms with Gasteiger partial charge in [0.05, 0.1) is 11.5 Å². The van der Waals surface area contributed by atoms with Crippen LogP contribution in [0.1, 0.15) is 56.3 Å². The molecule has 7 rings (SSSR count). The Balaban J connectivity index is 1.41. The number of benzene rings is 5. The van der Waals surface area contributed by atoms with Gasteiger partial charge in [0.15, 0.2) is 64.0 Å². The van der Waals surface area contributed by atoms with E-state index >= 15 is 0 Å². The zero-order valence-electron chi connectivity index (χ0n) is 27.7. The van der Waals surface area contributed by atoms with E-state index in [-0.39, 0.29) is 39.3 Å². The lowest BCUT2D eigenvalue weighted by atomic mass is 9.77. The van der Waals surface area contributed by atoms with Gasteiger partial charge in [0.25, 0.3) is 0 Å². The Hall–Kier alpha value is -7.47. The van der Waals surface area contributed by atoms with Crippen LogP contribution in [0.2, 0.25) is 0 Å². The first-order chi connectivity index (χ1) is 25.9. The lowest BCUT2D eigenvalue weighted by Gasteiger charge is -2.40. The maximum atomic E-state index is 13.4. The van der Waals surface area contributed by atoms with E-state index in [4.69, 9.17) is 14.2 Å². The van der Waals surface area contributed by atoms with E-state index in [1.165, 1.54) is 0 Å². The summed E-state index contributed by atoms with van der Waals surface area (Å²) in [6.45, 7) is 0. The molecule has 0 saturated heterocycles. The van der Waals surface area contributed by atoms with Gasteiger partial charge >= 0.3 is 5.97 Å². The fourth-order valence-electron chi connectivity index (χ4n) is 6.87. The molecule has 0 unspecified atom stereocenters. The van der Waals surface area contributed by atoms with Crippen LogP contribution in [0.5, 0.6) is 86.2 Å². The van der Waals surface area contributed by atoms with Gasteiger partial charge in [0, 0.05) is 52.4 Å². The monoisotopic (exact) mass is 762 g/mol. The van der Waals surface area contributed by atoms with Crippen LogP contribution in [0.25, 0.3) is 0 Å². The number of hydrogen-bond donors (Lipinski definition) is 14. The molecule has 55 heavy (non-hydrogen) atoms. The van der Waals surface area contributed by atoms with Crippen molar-refractivity contribution in [1.29, 1.82) is 0 Å². The Morgan fingerprint density at radius 3 is 1.58 bits per heavy atom. The fraction of sp³-hybridized carbons (Fsp3) is 0.162. The van der Waals surface area contributed by atoms with E-state index < -0.39 is 123 Å². The summed E-state index contributed by atoms with van der Waals surface area (Å²) >= 11 is 0. The molecule has 2 aliphatic rings. The van der Waals surface area contributed by atoms with Crippen molar-refractivity contribution in [1.82, 2.24) is 0 Å². The van der Waals surface area contributed by atoms with Crippen LogP contribution in [0.15, 0.2) is 54.6 Å². The summed E-state index contributed by atoms with van der Waals surface area (Å²) in [4.78, 5) is 13.4. The number of rotatable bonds is 5. The molecule has 14 N–H and O–H groups in total. The van der Waals surface area contributed by atoms with Crippen LogP contribution in [0.4, 0.5) is 0 Å². The zero-order chi connectivity index (χ0) is 39.8. The largest absolute Gasteiger partial charge is 0.508 e. The van der Waals surface area contributed by atoms with Crippen molar-refractivity contribution in [2.75, 3.05) is 0 Å². The molecule has 0 amide bonds. The van der Waals surface area contributed by atoms with Crippen molar-refractivity contribution < 1.29 is 90.5 Å². The Morgan fingerprint density at radius 2 is 1.04 bits per heavy atom. The molecule has 0 bridgehead atoms. The molecule has 0 radical (unpaired) electrons. The average Bonchev–Trinajstić information content (AvgIpc) is 3.11. The summed E-state index contributed by atoms with van der Waals surface area (Å²) in [5.41, 5.74) is -1.47. The third kappa shape index (κ3) is 5.95. The van der Waals surface area contributed by atoms with Crippen LogP contribution in [-0.4, -0.2) is 89.7 Å². The quantitative estimate of drug-likeness (QED) is 0.0901. The van der Waals surface area contributed by atoms with Gasteiger partial charge in [-0.1, -0.05) is 0 Å². The maximum Gasteiger partial charge on any atom is 0.338 e. The molecule has 0 saturated carbocycles. The predicted octanol–water partition coefficient (Wildman–Crippen LogP) is 3.39. The van der Waals surface area contributed by atoms with E-state index in [0.29, 0.717) is 0 Å². The number of ether oxygens (including phenoxy) is 3. The number of aliphatic hydroxyl groups excluding tert-OH is 1. The zero-order valence-corrected chi connectivity index (χ0v) is 27.7. The van der Waals surface area contributed by atoms with Crippen molar-refractivity contribution >= 4 is 5.97 Å². The van der Waals surface area contributed by atoms with Gasteiger partial charge in [-0.2, -0.15) is 0 Å². The Labute approximate surface area is 307 Å². The minimum Gasteiger partial charge on any atom is -0.508 e. The van der Waals surface area contributed by atoms with E-state index in [1.54, 1.807) is 0 Å². The molecule has 0 aromatic heterocycles. The molecule has 2 aliphatic heterocycles. The highest BCUT2D eigenvalue weighted by Gasteiger charge is 2.47. The topological polar surface area (TPSA) is 328 Å².